The number of carbonyl (C=O) groups is 1. The minimum absolute atomic E-state index is 0.0350. The quantitative estimate of drug-likeness (QED) is 0.852. The molecule has 0 spiro atoms. The number of cyclic esters (lactones) is 1. The van der Waals surface area contributed by atoms with E-state index in [9.17, 15) is 17.6 Å². The molecule has 7 heteroatoms. The standard InChI is InChI=1S/C18H16FNO4S/c1-18(2)16(11-6-8-14(9-7-11)25(20,22)23)15(17(21)24-18)12-4-3-5-13(19)10-12/h3-10H,1-2H3,(H2,20,22,23). The average molecular weight is 361 g/mol. The van der Waals surface area contributed by atoms with E-state index >= 15 is 0 Å². The number of sulfonamides is 1. The number of hydrogen-bond acceptors (Lipinski definition) is 4. The summed E-state index contributed by atoms with van der Waals surface area (Å²) in [6.45, 7) is 3.44. The summed E-state index contributed by atoms with van der Waals surface area (Å²) in [6, 6.07) is 11.5. The van der Waals surface area contributed by atoms with Crippen LogP contribution in [0.5, 0.6) is 0 Å². The van der Waals surface area contributed by atoms with Crippen molar-refractivity contribution in [2.45, 2.75) is 24.3 Å². The second kappa shape index (κ2) is 5.79. The Hall–Kier alpha value is -2.51. The van der Waals surface area contributed by atoms with Gasteiger partial charge in [-0.25, -0.2) is 22.7 Å². The van der Waals surface area contributed by atoms with Crippen LogP contribution >= 0.6 is 0 Å². The van der Waals surface area contributed by atoms with E-state index in [0.29, 0.717) is 16.7 Å². The molecule has 0 bridgehead atoms. The Morgan fingerprint density at radius 1 is 1.04 bits per heavy atom. The zero-order valence-corrected chi connectivity index (χ0v) is 14.4. The molecule has 5 nitrogen and oxygen atoms in total. The van der Waals surface area contributed by atoms with Gasteiger partial charge in [0, 0.05) is 5.57 Å². The van der Waals surface area contributed by atoms with Crippen LogP contribution in [0.4, 0.5) is 4.39 Å². The highest BCUT2D eigenvalue weighted by molar-refractivity contribution is 7.89. The van der Waals surface area contributed by atoms with Crippen LogP contribution in [0.15, 0.2) is 53.4 Å². The highest BCUT2D eigenvalue weighted by Gasteiger charge is 2.41. The van der Waals surface area contributed by atoms with Crippen LogP contribution in [0.2, 0.25) is 0 Å². The third-order valence-corrected chi connectivity index (χ3v) is 4.92. The van der Waals surface area contributed by atoms with Crippen LogP contribution in [0, 0.1) is 5.82 Å². The number of benzene rings is 2. The predicted molar refractivity (Wildman–Crippen MR) is 91.2 cm³/mol. The Labute approximate surface area is 145 Å². The Balaban J connectivity index is 2.22. The van der Waals surface area contributed by atoms with Crippen LogP contribution in [0.25, 0.3) is 11.1 Å². The summed E-state index contributed by atoms with van der Waals surface area (Å²) in [5, 5.41) is 5.11. The lowest BCUT2D eigenvalue weighted by Gasteiger charge is -2.21. The van der Waals surface area contributed by atoms with Crippen molar-refractivity contribution >= 4 is 27.1 Å². The molecule has 2 aromatic carbocycles. The van der Waals surface area contributed by atoms with Crippen molar-refractivity contribution < 1.29 is 22.3 Å². The van der Waals surface area contributed by atoms with E-state index in [0.717, 1.165) is 0 Å². The molecule has 2 aromatic rings. The monoisotopic (exact) mass is 361 g/mol. The zero-order chi connectivity index (χ0) is 18.4. The number of ether oxygens (including phenoxy) is 1. The topological polar surface area (TPSA) is 86.5 Å². The lowest BCUT2D eigenvalue weighted by Crippen LogP contribution is -2.22. The zero-order valence-electron chi connectivity index (χ0n) is 13.6. The van der Waals surface area contributed by atoms with Gasteiger partial charge in [-0.1, -0.05) is 24.3 Å². The lowest BCUT2D eigenvalue weighted by atomic mass is 9.87. The fourth-order valence-electron chi connectivity index (χ4n) is 2.95. The lowest BCUT2D eigenvalue weighted by molar-refractivity contribution is -0.141. The molecule has 1 aliphatic heterocycles. The van der Waals surface area contributed by atoms with Gasteiger partial charge >= 0.3 is 5.97 Å². The Bertz CT molecular complexity index is 992. The number of esters is 1. The van der Waals surface area contributed by atoms with Crippen LogP contribution < -0.4 is 5.14 Å². The van der Waals surface area contributed by atoms with E-state index in [1.54, 1.807) is 32.0 Å². The van der Waals surface area contributed by atoms with Gasteiger partial charge in [-0.15, -0.1) is 0 Å². The van der Waals surface area contributed by atoms with Crippen LogP contribution in [-0.2, 0) is 19.6 Å². The van der Waals surface area contributed by atoms with Crippen LogP contribution in [0.3, 0.4) is 0 Å². The summed E-state index contributed by atoms with van der Waals surface area (Å²) >= 11 is 0. The predicted octanol–water partition coefficient (Wildman–Crippen LogP) is 2.72. The fourth-order valence-corrected chi connectivity index (χ4v) is 3.46. The van der Waals surface area contributed by atoms with E-state index < -0.39 is 27.4 Å². The van der Waals surface area contributed by atoms with E-state index in [1.165, 1.54) is 30.3 Å². The number of halogens is 1. The molecule has 130 valence electrons. The largest absolute Gasteiger partial charge is 0.451 e. The second-order valence-corrected chi connectivity index (χ2v) is 7.79. The van der Waals surface area contributed by atoms with Gasteiger partial charge in [0.1, 0.15) is 11.4 Å². The molecular weight excluding hydrogens is 345 g/mol. The summed E-state index contributed by atoms with van der Waals surface area (Å²) in [5.41, 5.74) is 0.877. The van der Waals surface area contributed by atoms with Gasteiger partial charge in [0.15, 0.2) is 0 Å². The molecule has 0 unspecified atom stereocenters. The van der Waals surface area contributed by atoms with Crippen LogP contribution in [-0.4, -0.2) is 20.0 Å². The van der Waals surface area contributed by atoms with Crippen molar-refractivity contribution in [2.75, 3.05) is 0 Å². The first-order valence-electron chi connectivity index (χ1n) is 7.47. The molecule has 0 aliphatic carbocycles. The normalized spacial score (nSPS) is 16.9. The van der Waals surface area contributed by atoms with Crippen molar-refractivity contribution in [2.24, 2.45) is 5.14 Å². The van der Waals surface area contributed by atoms with Gasteiger partial charge in [0.2, 0.25) is 10.0 Å². The molecule has 2 N–H and O–H groups in total. The van der Waals surface area contributed by atoms with E-state index in [-0.39, 0.29) is 10.5 Å². The molecular formula is C18H16FNO4S. The molecule has 0 fully saturated rings. The average Bonchev–Trinajstić information content (AvgIpc) is 2.75. The molecule has 0 amide bonds. The Kier molecular flexibility index (Phi) is 4.01. The maximum atomic E-state index is 13.6. The number of carbonyl (C=O) groups excluding carboxylic acids is 1. The molecule has 1 aliphatic rings. The number of nitrogens with two attached hydrogens (primary N) is 1. The van der Waals surface area contributed by atoms with Crippen molar-refractivity contribution in [1.29, 1.82) is 0 Å². The van der Waals surface area contributed by atoms with Crippen molar-refractivity contribution in [1.82, 2.24) is 0 Å². The number of primary sulfonamides is 1. The third-order valence-electron chi connectivity index (χ3n) is 3.99. The van der Waals surface area contributed by atoms with E-state index in [2.05, 4.69) is 0 Å². The molecule has 0 atom stereocenters. The molecule has 0 aromatic heterocycles. The highest BCUT2D eigenvalue weighted by Crippen LogP contribution is 2.43. The Morgan fingerprint density at radius 2 is 1.68 bits per heavy atom. The van der Waals surface area contributed by atoms with E-state index in [1.807, 2.05) is 0 Å². The third kappa shape index (κ3) is 3.20. The van der Waals surface area contributed by atoms with Crippen molar-refractivity contribution in [3.05, 3.63) is 65.5 Å². The summed E-state index contributed by atoms with van der Waals surface area (Å²) < 4.78 is 41.9. The van der Waals surface area contributed by atoms with Crippen LogP contribution in [0.1, 0.15) is 25.0 Å². The van der Waals surface area contributed by atoms with Gasteiger partial charge in [-0.3, -0.25) is 0 Å². The van der Waals surface area contributed by atoms with Gasteiger partial charge in [0.05, 0.1) is 10.5 Å². The molecule has 25 heavy (non-hydrogen) atoms. The number of hydrogen-bond donors (Lipinski definition) is 1. The molecule has 3 rings (SSSR count). The van der Waals surface area contributed by atoms with Crippen molar-refractivity contribution in [3.8, 4) is 0 Å². The minimum atomic E-state index is -3.82. The molecule has 0 radical (unpaired) electrons. The first-order valence-corrected chi connectivity index (χ1v) is 9.01. The highest BCUT2D eigenvalue weighted by atomic mass is 32.2. The first kappa shape index (κ1) is 17.3. The fraction of sp³-hybridized carbons (Fsp3) is 0.167. The van der Waals surface area contributed by atoms with Gasteiger partial charge < -0.3 is 4.74 Å². The SMILES string of the molecule is CC1(C)OC(=O)C(c2cccc(F)c2)=C1c1ccc(S(N)(=O)=O)cc1. The molecule has 0 saturated carbocycles. The second-order valence-electron chi connectivity index (χ2n) is 6.23. The summed E-state index contributed by atoms with van der Waals surface area (Å²) in [4.78, 5) is 12.4. The van der Waals surface area contributed by atoms with Crippen molar-refractivity contribution in [3.63, 3.8) is 0 Å². The maximum Gasteiger partial charge on any atom is 0.340 e. The smallest absolute Gasteiger partial charge is 0.340 e. The summed E-state index contributed by atoms with van der Waals surface area (Å²) in [6.07, 6.45) is 0. The molecule has 1 heterocycles. The molecule has 0 saturated heterocycles. The van der Waals surface area contributed by atoms with Gasteiger partial charge in [-0.05, 0) is 49.2 Å². The van der Waals surface area contributed by atoms with Gasteiger partial charge in [-0.2, -0.15) is 0 Å². The number of rotatable bonds is 3. The Morgan fingerprint density at radius 3 is 2.24 bits per heavy atom. The first-order chi connectivity index (χ1) is 11.6. The van der Waals surface area contributed by atoms with Gasteiger partial charge in [0.25, 0.3) is 0 Å². The summed E-state index contributed by atoms with van der Waals surface area (Å²) in [7, 11) is -3.82. The maximum absolute atomic E-state index is 13.6. The minimum Gasteiger partial charge on any atom is -0.451 e. The summed E-state index contributed by atoms with van der Waals surface area (Å²) in [5.74, 6) is -1.02. The van der Waals surface area contributed by atoms with E-state index in [4.69, 9.17) is 9.88 Å².